The molecule has 6 rings (SSSR count). The summed E-state index contributed by atoms with van der Waals surface area (Å²) in [5.41, 5.74) is 2.73. The zero-order valence-electron chi connectivity index (χ0n) is 19.2. The van der Waals surface area contributed by atoms with Gasteiger partial charge in [-0.05, 0) is 49.9 Å². The van der Waals surface area contributed by atoms with E-state index < -0.39 is 12.3 Å². The van der Waals surface area contributed by atoms with Crippen molar-refractivity contribution in [3.05, 3.63) is 41.3 Å². The molecule has 5 heterocycles. The molecule has 3 saturated heterocycles. The number of amides is 1. The second-order valence-corrected chi connectivity index (χ2v) is 9.59. The van der Waals surface area contributed by atoms with Crippen molar-refractivity contribution in [1.82, 2.24) is 24.6 Å². The number of hydrogen-bond acceptors (Lipinski definition) is 6. The van der Waals surface area contributed by atoms with Gasteiger partial charge in [0, 0.05) is 30.5 Å². The SMILES string of the molecule is Cc1nc(N2C[C@H]3C[C@@H]2CO3)cc(-n2ncc3cc(C)c(C4CCN(C(=O)O)CC4F)cc32)n1. The number of aryl methyl sites for hydroxylation is 2. The zero-order chi connectivity index (χ0) is 23.6. The van der Waals surface area contributed by atoms with Gasteiger partial charge < -0.3 is 19.6 Å². The first-order valence-electron chi connectivity index (χ1n) is 11.7. The molecule has 3 aliphatic heterocycles. The standard InChI is InChI=1S/C24H27FN6O3/c1-13-5-15-9-26-31(21(15)7-19(13)18-3-4-29(24(32)33)11-20(18)25)23-8-22(27-14(2)28-23)30-10-17-6-16(30)12-34-17/h5,7-9,16-18,20H,3-4,6,10-12H2,1-2H3,(H,32,33)/t16-,17-,18?,20?/m1/s1. The number of benzene rings is 1. The van der Waals surface area contributed by atoms with Crippen LogP contribution in [0.15, 0.2) is 24.4 Å². The molecule has 1 N–H and O–H groups in total. The Kier molecular flexibility index (Phi) is 4.94. The van der Waals surface area contributed by atoms with E-state index in [1.165, 1.54) is 0 Å². The molecule has 4 atom stereocenters. The summed E-state index contributed by atoms with van der Waals surface area (Å²) in [6.07, 6.45) is 1.22. The lowest BCUT2D eigenvalue weighted by atomic mass is 9.85. The van der Waals surface area contributed by atoms with Crippen molar-refractivity contribution < 1.29 is 19.0 Å². The molecule has 9 nitrogen and oxygen atoms in total. The molecule has 34 heavy (non-hydrogen) atoms. The average Bonchev–Trinajstić information content (AvgIpc) is 3.54. The molecule has 178 valence electrons. The Balaban J connectivity index is 1.37. The van der Waals surface area contributed by atoms with Gasteiger partial charge in [-0.3, -0.25) is 0 Å². The first-order valence-corrected chi connectivity index (χ1v) is 11.7. The van der Waals surface area contributed by atoms with E-state index in [1.807, 2.05) is 32.0 Å². The van der Waals surface area contributed by atoms with Crippen LogP contribution in [0.25, 0.3) is 16.7 Å². The maximum absolute atomic E-state index is 15.1. The van der Waals surface area contributed by atoms with E-state index >= 15 is 4.39 Å². The molecule has 3 fully saturated rings. The first-order chi connectivity index (χ1) is 16.4. The number of fused-ring (bicyclic) bond motifs is 3. The molecule has 1 amide bonds. The van der Waals surface area contributed by atoms with Crippen molar-refractivity contribution in [3.63, 3.8) is 0 Å². The highest BCUT2D eigenvalue weighted by Gasteiger charge is 2.40. The smallest absolute Gasteiger partial charge is 0.407 e. The minimum absolute atomic E-state index is 0.104. The van der Waals surface area contributed by atoms with E-state index in [9.17, 15) is 9.90 Å². The molecule has 1 aromatic carbocycles. The largest absolute Gasteiger partial charge is 0.465 e. The van der Waals surface area contributed by atoms with Gasteiger partial charge in [-0.25, -0.2) is 23.8 Å². The van der Waals surface area contributed by atoms with Gasteiger partial charge in [-0.15, -0.1) is 0 Å². The van der Waals surface area contributed by atoms with Gasteiger partial charge in [0.15, 0.2) is 5.82 Å². The number of aromatic nitrogens is 4. The number of halogens is 1. The number of carbonyl (C=O) groups is 1. The van der Waals surface area contributed by atoms with Crippen molar-refractivity contribution in [2.75, 3.05) is 31.1 Å². The van der Waals surface area contributed by atoms with Crippen LogP contribution in [-0.4, -0.2) is 80.4 Å². The molecule has 0 radical (unpaired) electrons. The number of carboxylic acid groups (broad SMARTS) is 1. The lowest BCUT2D eigenvalue weighted by molar-refractivity contribution is 0.0962. The van der Waals surface area contributed by atoms with Crippen LogP contribution in [0, 0.1) is 13.8 Å². The van der Waals surface area contributed by atoms with E-state index in [2.05, 4.69) is 20.0 Å². The Hall–Kier alpha value is -3.27. The Morgan fingerprint density at radius 1 is 1.18 bits per heavy atom. The number of anilines is 1. The Labute approximate surface area is 196 Å². The summed E-state index contributed by atoms with van der Waals surface area (Å²) in [5, 5.41) is 14.8. The molecular weight excluding hydrogens is 439 g/mol. The minimum atomic E-state index is -1.25. The third kappa shape index (κ3) is 3.48. The predicted molar refractivity (Wildman–Crippen MR) is 123 cm³/mol. The highest BCUT2D eigenvalue weighted by Crippen LogP contribution is 2.36. The van der Waals surface area contributed by atoms with Gasteiger partial charge in [0.05, 0.1) is 37.0 Å². The molecule has 10 heteroatoms. The van der Waals surface area contributed by atoms with Crippen LogP contribution >= 0.6 is 0 Å². The normalized spacial score (nSPS) is 26.6. The van der Waals surface area contributed by atoms with Crippen molar-refractivity contribution in [2.24, 2.45) is 0 Å². The van der Waals surface area contributed by atoms with Gasteiger partial charge in [0.2, 0.25) is 0 Å². The van der Waals surface area contributed by atoms with Gasteiger partial charge in [-0.2, -0.15) is 5.10 Å². The molecule has 0 spiro atoms. The molecule has 0 aliphatic carbocycles. The summed E-state index contributed by atoms with van der Waals surface area (Å²) in [6, 6.07) is 6.32. The lowest BCUT2D eigenvalue weighted by Gasteiger charge is -2.34. The molecule has 2 bridgehead atoms. The van der Waals surface area contributed by atoms with Gasteiger partial charge in [0.1, 0.15) is 17.8 Å². The van der Waals surface area contributed by atoms with Crippen LogP contribution in [0.5, 0.6) is 0 Å². The van der Waals surface area contributed by atoms with Crippen molar-refractivity contribution in [2.45, 2.75) is 50.9 Å². The van der Waals surface area contributed by atoms with E-state index in [-0.39, 0.29) is 18.6 Å². The van der Waals surface area contributed by atoms with E-state index in [4.69, 9.17) is 4.74 Å². The Morgan fingerprint density at radius 3 is 2.71 bits per heavy atom. The molecule has 3 aromatic rings. The summed E-state index contributed by atoms with van der Waals surface area (Å²) >= 11 is 0. The number of likely N-dealkylation sites (tertiary alicyclic amines) is 1. The predicted octanol–water partition coefficient (Wildman–Crippen LogP) is 3.22. The molecule has 2 aromatic heterocycles. The fourth-order valence-electron chi connectivity index (χ4n) is 5.69. The highest BCUT2D eigenvalue weighted by molar-refractivity contribution is 5.82. The summed E-state index contributed by atoms with van der Waals surface area (Å²) in [7, 11) is 0. The number of rotatable bonds is 3. The second-order valence-electron chi connectivity index (χ2n) is 9.59. The average molecular weight is 467 g/mol. The fraction of sp³-hybridized carbons (Fsp3) is 0.500. The zero-order valence-corrected chi connectivity index (χ0v) is 19.2. The lowest BCUT2D eigenvalue weighted by Crippen LogP contribution is -2.43. The van der Waals surface area contributed by atoms with Crippen LogP contribution in [0.1, 0.15) is 35.7 Å². The fourth-order valence-corrected chi connectivity index (χ4v) is 5.69. The Bertz CT molecular complexity index is 1280. The van der Waals surface area contributed by atoms with Crippen LogP contribution in [0.3, 0.4) is 0 Å². The minimum Gasteiger partial charge on any atom is -0.465 e. The van der Waals surface area contributed by atoms with Gasteiger partial charge in [-0.1, -0.05) is 0 Å². The van der Waals surface area contributed by atoms with Crippen molar-refractivity contribution in [1.29, 1.82) is 0 Å². The monoisotopic (exact) mass is 466 g/mol. The van der Waals surface area contributed by atoms with Crippen molar-refractivity contribution in [3.8, 4) is 5.82 Å². The molecular formula is C24H27FN6O3. The van der Waals surface area contributed by atoms with Crippen LogP contribution in [0.2, 0.25) is 0 Å². The quantitative estimate of drug-likeness (QED) is 0.633. The number of nitrogens with zero attached hydrogens (tertiary/aromatic N) is 6. The number of morpholine rings is 1. The van der Waals surface area contributed by atoms with E-state index in [1.54, 1.807) is 10.9 Å². The number of alkyl halides is 1. The molecule has 3 aliphatic rings. The van der Waals surface area contributed by atoms with Crippen LogP contribution in [-0.2, 0) is 4.74 Å². The topological polar surface area (TPSA) is 96.6 Å². The van der Waals surface area contributed by atoms with E-state index in [0.29, 0.717) is 30.6 Å². The summed E-state index contributed by atoms with van der Waals surface area (Å²) in [4.78, 5) is 24.0. The molecule has 2 unspecified atom stereocenters. The summed E-state index contributed by atoms with van der Waals surface area (Å²) in [6.45, 7) is 5.63. The first kappa shape index (κ1) is 21.3. The number of piperidine rings is 1. The maximum Gasteiger partial charge on any atom is 0.407 e. The molecule has 0 saturated carbocycles. The number of hydrogen-bond donors (Lipinski definition) is 1. The van der Waals surface area contributed by atoms with Crippen LogP contribution < -0.4 is 4.90 Å². The van der Waals surface area contributed by atoms with Gasteiger partial charge in [0.25, 0.3) is 0 Å². The highest BCUT2D eigenvalue weighted by atomic mass is 19.1. The van der Waals surface area contributed by atoms with E-state index in [0.717, 1.165) is 52.3 Å². The maximum atomic E-state index is 15.1. The van der Waals surface area contributed by atoms with Crippen molar-refractivity contribution >= 4 is 22.8 Å². The third-order valence-corrected chi connectivity index (χ3v) is 7.39. The van der Waals surface area contributed by atoms with Gasteiger partial charge >= 0.3 is 6.09 Å². The second kappa shape index (κ2) is 7.90. The number of ether oxygens (including phenoxy) is 1. The third-order valence-electron chi connectivity index (χ3n) is 7.39. The summed E-state index contributed by atoms with van der Waals surface area (Å²) < 4.78 is 22.6. The summed E-state index contributed by atoms with van der Waals surface area (Å²) in [5.74, 6) is 1.86. The van der Waals surface area contributed by atoms with Crippen LogP contribution in [0.4, 0.5) is 15.0 Å². The Morgan fingerprint density at radius 2 is 2.00 bits per heavy atom.